The topological polar surface area (TPSA) is 105 Å². The first-order chi connectivity index (χ1) is 16.6. The standard InChI is InChI=1S/C29H44O7/c1-15(30)34-22-14-29(25(2,3)33)35-21-13-19-23-18(8-10-27(19,5)24(21)28(22,6)36-29)26(4)9-7-17(31)11-16(26)12-20(23)32/h12,17-24,31-33H,7-11,13-14H2,1-6H3. The van der Waals surface area contributed by atoms with E-state index in [0.29, 0.717) is 18.8 Å². The van der Waals surface area contributed by atoms with Crippen LogP contribution in [0.1, 0.15) is 86.5 Å². The van der Waals surface area contributed by atoms with Crippen LogP contribution in [0.15, 0.2) is 11.6 Å². The van der Waals surface area contributed by atoms with E-state index in [1.807, 2.05) is 6.92 Å². The minimum absolute atomic E-state index is 0.00702. The van der Waals surface area contributed by atoms with Crippen LogP contribution in [-0.2, 0) is 19.0 Å². The van der Waals surface area contributed by atoms with Gasteiger partial charge in [0.25, 0.3) is 0 Å². The van der Waals surface area contributed by atoms with Gasteiger partial charge in [-0.25, -0.2) is 0 Å². The lowest BCUT2D eigenvalue weighted by Crippen LogP contribution is -2.64. The van der Waals surface area contributed by atoms with Crippen LogP contribution in [0, 0.1) is 34.5 Å². The number of esters is 1. The molecule has 5 fully saturated rings. The zero-order valence-electron chi connectivity index (χ0n) is 22.6. The first-order valence-electron chi connectivity index (χ1n) is 14.0. The average molecular weight is 505 g/mol. The van der Waals surface area contributed by atoms with Gasteiger partial charge in [0.1, 0.15) is 17.3 Å². The number of fused-ring (bicyclic) bond motifs is 10. The molecule has 2 heterocycles. The number of rotatable bonds is 2. The van der Waals surface area contributed by atoms with E-state index in [0.717, 1.165) is 32.1 Å². The first-order valence-corrected chi connectivity index (χ1v) is 14.0. The van der Waals surface area contributed by atoms with E-state index in [4.69, 9.17) is 14.2 Å². The van der Waals surface area contributed by atoms with Crippen LogP contribution in [0.25, 0.3) is 0 Å². The molecule has 12 atom stereocenters. The summed E-state index contributed by atoms with van der Waals surface area (Å²) in [6.07, 6.45) is 6.07. The number of carbonyl (C=O) groups is 1. The van der Waals surface area contributed by atoms with Crippen molar-refractivity contribution in [3.05, 3.63) is 11.6 Å². The fourth-order valence-electron chi connectivity index (χ4n) is 10.1. The summed E-state index contributed by atoms with van der Waals surface area (Å²) in [5.41, 5.74) is -0.983. The predicted octanol–water partition coefficient (Wildman–Crippen LogP) is 3.48. The molecule has 2 aliphatic heterocycles. The molecule has 0 amide bonds. The quantitative estimate of drug-likeness (QED) is 0.391. The average Bonchev–Trinajstić information content (AvgIpc) is 3.18. The van der Waals surface area contributed by atoms with E-state index in [-0.39, 0.29) is 46.8 Å². The molecule has 3 N–H and O–H groups in total. The number of aliphatic hydroxyl groups is 3. The fourth-order valence-corrected chi connectivity index (χ4v) is 10.1. The molecule has 2 saturated heterocycles. The van der Waals surface area contributed by atoms with E-state index >= 15 is 0 Å². The molecule has 202 valence electrons. The summed E-state index contributed by atoms with van der Waals surface area (Å²) < 4.78 is 19.3. The van der Waals surface area contributed by atoms with E-state index in [1.54, 1.807) is 13.8 Å². The Morgan fingerprint density at radius 2 is 1.86 bits per heavy atom. The van der Waals surface area contributed by atoms with Gasteiger partial charge in [-0.15, -0.1) is 0 Å². The van der Waals surface area contributed by atoms with Gasteiger partial charge in [-0.1, -0.05) is 25.5 Å². The smallest absolute Gasteiger partial charge is 0.303 e. The lowest BCUT2D eigenvalue weighted by atomic mass is 9.46. The molecule has 3 saturated carbocycles. The normalized spacial score (nSPS) is 55.6. The molecule has 2 bridgehead atoms. The molecular weight excluding hydrogens is 460 g/mol. The van der Waals surface area contributed by atoms with E-state index in [1.165, 1.54) is 12.5 Å². The van der Waals surface area contributed by atoms with Gasteiger partial charge in [-0.05, 0) is 87.9 Å². The van der Waals surface area contributed by atoms with Crippen molar-refractivity contribution in [2.75, 3.05) is 0 Å². The van der Waals surface area contributed by atoms with Crippen LogP contribution in [0.2, 0.25) is 0 Å². The van der Waals surface area contributed by atoms with Gasteiger partial charge in [-0.2, -0.15) is 0 Å². The van der Waals surface area contributed by atoms with Crippen molar-refractivity contribution >= 4 is 5.97 Å². The second kappa shape index (κ2) is 7.56. The minimum Gasteiger partial charge on any atom is -0.459 e. The highest BCUT2D eigenvalue weighted by Crippen LogP contribution is 2.72. The van der Waals surface area contributed by atoms with E-state index < -0.39 is 29.2 Å². The van der Waals surface area contributed by atoms with Crippen molar-refractivity contribution in [1.82, 2.24) is 0 Å². The van der Waals surface area contributed by atoms with Crippen LogP contribution < -0.4 is 0 Å². The monoisotopic (exact) mass is 504 g/mol. The Balaban J connectivity index is 1.41. The molecule has 0 aromatic rings. The zero-order valence-corrected chi connectivity index (χ0v) is 22.6. The minimum atomic E-state index is -1.27. The van der Waals surface area contributed by atoms with Gasteiger partial charge in [0.2, 0.25) is 5.79 Å². The Hall–Kier alpha value is -0.990. The summed E-state index contributed by atoms with van der Waals surface area (Å²) in [7, 11) is 0. The van der Waals surface area contributed by atoms with Crippen molar-refractivity contribution in [2.45, 2.75) is 128 Å². The molecule has 36 heavy (non-hydrogen) atoms. The Labute approximate surface area is 214 Å². The van der Waals surface area contributed by atoms with Crippen molar-refractivity contribution in [3.63, 3.8) is 0 Å². The maximum Gasteiger partial charge on any atom is 0.303 e. The van der Waals surface area contributed by atoms with Crippen molar-refractivity contribution < 1.29 is 34.3 Å². The summed E-state index contributed by atoms with van der Waals surface area (Å²) in [5.74, 6) is -0.922. The molecule has 12 unspecified atom stereocenters. The highest BCUT2D eigenvalue weighted by Gasteiger charge is 2.76. The van der Waals surface area contributed by atoms with Gasteiger partial charge < -0.3 is 29.5 Å². The van der Waals surface area contributed by atoms with Crippen LogP contribution in [0.4, 0.5) is 0 Å². The summed E-state index contributed by atoms with van der Waals surface area (Å²) in [4.78, 5) is 12.1. The number of hydrogen-bond acceptors (Lipinski definition) is 7. The van der Waals surface area contributed by atoms with E-state index in [9.17, 15) is 20.1 Å². The molecule has 0 aromatic heterocycles. The van der Waals surface area contributed by atoms with Crippen molar-refractivity contribution in [1.29, 1.82) is 0 Å². The molecule has 7 heteroatoms. The molecular formula is C29H44O7. The van der Waals surface area contributed by atoms with Crippen molar-refractivity contribution in [3.8, 4) is 0 Å². The number of aliphatic hydroxyl groups excluding tert-OH is 2. The van der Waals surface area contributed by atoms with Gasteiger partial charge in [0, 0.05) is 19.3 Å². The second-order valence-electron chi connectivity index (χ2n) is 14.1. The second-order valence-corrected chi connectivity index (χ2v) is 14.1. The Kier molecular flexibility index (Phi) is 5.31. The Morgan fingerprint density at radius 1 is 1.14 bits per heavy atom. The van der Waals surface area contributed by atoms with Crippen LogP contribution in [-0.4, -0.2) is 62.7 Å². The summed E-state index contributed by atoms with van der Waals surface area (Å²) in [5, 5.41) is 33.1. The summed E-state index contributed by atoms with van der Waals surface area (Å²) in [6.45, 7) is 11.6. The fraction of sp³-hybridized carbons (Fsp3) is 0.897. The number of carbonyl (C=O) groups excluding carboxylic acids is 1. The maximum atomic E-state index is 12.1. The highest BCUT2D eigenvalue weighted by molar-refractivity contribution is 5.66. The molecule has 6 aliphatic rings. The van der Waals surface area contributed by atoms with Gasteiger partial charge >= 0.3 is 5.97 Å². The van der Waals surface area contributed by atoms with E-state index in [2.05, 4.69) is 19.9 Å². The lowest BCUT2D eigenvalue weighted by Gasteiger charge is -2.60. The zero-order chi connectivity index (χ0) is 26.1. The first kappa shape index (κ1) is 25.3. The Morgan fingerprint density at radius 3 is 2.53 bits per heavy atom. The number of ether oxygens (including phenoxy) is 3. The largest absolute Gasteiger partial charge is 0.459 e. The molecule has 0 radical (unpaired) electrons. The van der Waals surface area contributed by atoms with Gasteiger partial charge in [-0.3, -0.25) is 4.79 Å². The van der Waals surface area contributed by atoms with Crippen molar-refractivity contribution in [2.24, 2.45) is 34.5 Å². The summed E-state index contributed by atoms with van der Waals surface area (Å²) in [6, 6.07) is 0. The molecule has 7 nitrogen and oxygen atoms in total. The predicted molar refractivity (Wildman–Crippen MR) is 132 cm³/mol. The molecule has 6 rings (SSSR count). The third kappa shape index (κ3) is 3.13. The maximum absolute atomic E-state index is 12.1. The SMILES string of the molecule is CC(=O)OC1CC2(C(C)(C)O)OC3CC4C5C(O)C=C6CC(O)CCC6(C)C5CCC4(C)C3C1(C)O2. The third-order valence-corrected chi connectivity index (χ3v) is 11.8. The van der Waals surface area contributed by atoms with Gasteiger partial charge in [0.15, 0.2) is 0 Å². The molecule has 0 aromatic carbocycles. The lowest BCUT2D eigenvalue weighted by molar-refractivity contribution is -0.384. The van der Waals surface area contributed by atoms with Crippen LogP contribution in [0.3, 0.4) is 0 Å². The highest BCUT2D eigenvalue weighted by atomic mass is 16.8. The van der Waals surface area contributed by atoms with Crippen LogP contribution in [0.5, 0.6) is 0 Å². The third-order valence-electron chi connectivity index (χ3n) is 11.8. The Bertz CT molecular complexity index is 987. The number of hydrogen-bond donors (Lipinski definition) is 3. The molecule has 4 aliphatic carbocycles. The van der Waals surface area contributed by atoms with Crippen LogP contribution >= 0.6 is 0 Å². The molecule has 0 spiro atoms. The summed E-state index contributed by atoms with van der Waals surface area (Å²) >= 11 is 0. The van der Waals surface area contributed by atoms with Gasteiger partial charge in [0.05, 0.1) is 18.3 Å².